The number of hydrogen-bond donors (Lipinski definition) is 0. The van der Waals surface area contributed by atoms with Crippen molar-refractivity contribution in [3.63, 3.8) is 0 Å². The zero-order chi connectivity index (χ0) is 14.1. The predicted octanol–water partition coefficient (Wildman–Crippen LogP) is 4.71. The maximum absolute atomic E-state index is 13.9. The van der Waals surface area contributed by atoms with Gasteiger partial charge in [0.25, 0.3) is 0 Å². The zero-order valence-electron chi connectivity index (χ0n) is 11.5. The Hall–Kier alpha value is -2.15. The minimum atomic E-state index is -0.194. The van der Waals surface area contributed by atoms with Crippen LogP contribution in [0.5, 0.6) is 0 Å². The first-order valence-electron chi connectivity index (χ1n) is 6.85. The highest BCUT2D eigenvalue weighted by molar-refractivity contribution is 5.58. The third kappa shape index (κ3) is 2.20. The van der Waals surface area contributed by atoms with Crippen LogP contribution in [0.3, 0.4) is 0 Å². The molecule has 0 fully saturated rings. The Labute approximate surface area is 119 Å². The molecule has 0 saturated heterocycles. The Kier molecular flexibility index (Phi) is 3.27. The van der Waals surface area contributed by atoms with E-state index in [1.807, 2.05) is 6.07 Å². The summed E-state index contributed by atoms with van der Waals surface area (Å²) in [6.45, 7) is 7.92. The van der Waals surface area contributed by atoms with E-state index in [-0.39, 0.29) is 5.82 Å². The zero-order valence-corrected chi connectivity index (χ0v) is 11.5. The number of rotatable bonds is 1. The van der Waals surface area contributed by atoms with Gasteiger partial charge in [0.1, 0.15) is 5.82 Å². The Morgan fingerprint density at radius 3 is 2.30 bits per heavy atom. The van der Waals surface area contributed by atoms with Crippen LogP contribution in [0.25, 0.3) is 6.08 Å². The summed E-state index contributed by atoms with van der Waals surface area (Å²) in [4.78, 5) is 0. The van der Waals surface area contributed by atoms with Crippen LogP contribution < -0.4 is 0 Å². The molecule has 0 N–H and O–H groups in total. The van der Waals surface area contributed by atoms with E-state index in [9.17, 15) is 4.39 Å². The molecule has 0 aromatic heterocycles. The van der Waals surface area contributed by atoms with Crippen LogP contribution in [-0.2, 0) is 19.3 Å². The Morgan fingerprint density at radius 2 is 1.60 bits per heavy atom. The molecule has 0 aliphatic heterocycles. The van der Waals surface area contributed by atoms with Crippen molar-refractivity contribution < 1.29 is 4.39 Å². The molecule has 3 rings (SSSR count). The highest BCUT2D eigenvalue weighted by atomic mass is 19.1. The van der Waals surface area contributed by atoms with Gasteiger partial charge in [-0.2, -0.15) is 0 Å². The molecular formula is C19H17F. The molecule has 1 aliphatic carbocycles. The van der Waals surface area contributed by atoms with Crippen LogP contribution in [0.1, 0.15) is 27.8 Å². The van der Waals surface area contributed by atoms with Crippen molar-refractivity contribution in [2.24, 2.45) is 0 Å². The molecule has 1 aliphatic rings. The molecule has 1 heteroatoms. The van der Waals surface area contributed by atoms with Crippen molar-refractivity contribution in [3.05, 3.63) is 88.8 Å². The standard InChI is InChI=1S/C19H17F/c1-3-17-18-11-13(2)10-14-6-4-5-7-15(14)12-16(18)8-9-19(17)20/h3-9H,1-2,10-12H2. The Morgan fingerprint density at radius 1 is 0.900 bits per heavy atom. The van der Waals surface area contributed by atoms with Crippen molar-refractivity contribution in [3.8, 4) is 0 Å². The van der Waals surface area contributed by atoms with Crippen LogP contribution in [-0.4, -0.2) is 0 Å². The van der Waals surface area contributed by atoms with Crippen molar-refractivity contribution in [2.75, 3.05) is 0 Å². The maximum Gasteiger partial charge on any atom is 0.130 e. The van der Waals surface area contributed by atoms with Crippen molar-refractivity contribution in [1.82, 2.24) is 0 Å². The summed E-state index contributed by atoms with van der Waals surface area (Å²) < 4.78 is 13.9. The van der Waals surface area contributed by atoms with Gasteiger partial charge < -0.3 is 0 Å². The smallest absolute Gasteiger partial charge is 0.130 e. The maximum atomic E-state index is 13.9. The average molecular weight is 264 g/mol. The summed E-state index contributed by atoms with van der Waals surface area (Å²) in [7, 11) is 0. The molecule has 0 amide bonds. The lowest BCUT2D eigenvalue weighted by atomic mass is 9.84. The minimum Gasteiger partial charge on any atom is -0.206 e. The Balaban J connectivity index is 2.19. The van der Waals surface area contributed by atoms with Gasteiger partial charge in [0.15, 0.2) is 0 Å². The summed E-state index contributed by atoms with van der Waals surface area (Å²) in [5.41, 5.74) is 6.59. The van der Waals surface area contributed by atoms with Gasteiger partial charge in [-0.3, -0.25) is 0 Å². The van der Waals surface area contributed by atoms with Crippen LogP contribution in [0.4, 0.5) is 4.39 Å². The monoisotopic (exact) mass is 264 g/mol. The van der Waals surface area contributed by atoms with Gasteiger partial charge in [0.05, 0.1) is 0 Å². The fourth-order valence-corrected chi connectivity index (χ4v) is 2.97. The molecule has 0 nitrogen and oxygen atoms in total. The normalized spacial score (nSPS) is 13.9. The van der Waals surface area contributed by atoms with E-state index in [2.05, 4.69) is 37.4 Å². The molecule has 0 spiro atoms. The van der Waals surface area contributed by atoms with E-state index in [1.165, 1.54) is 16.7 Å². The number of hydrogen-bond acceptors (Lipinski definition) is 0. The molecule has 0 unspecified atom stereocenters. The molecule has 0 atom stereocenters. The second-order valence-corrected chi connectivity index (χ2v) is 5.35. The van der Waals surface area contributed by atoms with Crippen LogP contribution in [0.2, 0.25) is 0 Å². The van der Waals surface area contributed by atoms with Gasteiger partial charge in [0.2, 0.25) is 0 Å². The first-order chi connectivity index (χ1) is 9.69. The second-order valence-electron chi connectivity index (χ2n) is 5.35. The number of halogens is 1. The van der Waals surface area contributed by atoms with E-state index in [4.69, 9.17) is 0 Å². The van der Waals surface area contributed by atoms with Crippen LogP contribution >= 0.6 is 0 Å². The lowest BCUT2D eigenvalue weighted by molar-refractivity contribution is 0.621. The van der Waals surface area contributed by atoms with Crippen LogP contribution in [0.15, 0.2) is 55.1 Å². The molecular weight excluding hydrogens is 247 g/mol. The van der Waals surface area contributed by atoms with Crippen molar-refractivity contribution >= 4 is 6.08 Å². The molecule has 0 bridgehead atoms. The van der Waals surface area contributed by atoms with E-state index >= 15 is 0 Å². The minimum absolute atomic E-state index is 0.194. The number of benzene rings is 2. The fourth-order valence-electron chi connectivity index (χ4n) is 2.97. The molecule has 0 heterocycles. The van der Waals surface area contributed by atoms with E-state index < -0.39 is 0 Å². The summed E-state index contributed by atoms with van der Waals surface area (Å²) in [5, 5.41) is 0. The first-order valence-corrected chi connectivity index (χ1v) is 6.85. The molecule has 2 aromatic rings. The summed E-state index contributed by atoms with van der Waals surface area (Å²) in [5.74, 6) is -0.194. The largest absolute Gasteiger partial charge is 0.206 e. The third-order valence-corrected chi connectivity index (χ3v) is 3.97. The average Bonchev–Trinajstić information content (AvgIpc) is 2.42. The predicted molar refractivity (Wildman–Crippen MR) is 82.3 cm³/mol. The van der Waals surface area contributed by atoms with Crippen LogP contribution in [0, 0.1) is 5.82 Å². The topological polar surface area (TPSA) is 0 Å². The van der Waals surface area contributed by atoms with Gasteiger partial charge in [0, 0.05) is 5.56 Å². The summed E-state index contributed by atoms with van der Waals surface area (Å²) in [6, 6.07) is 11.9. The quantitative estimate of drug-likeness (QED) is 0.654. The molecule has 0 saturated carbocycles. The highest BCUT2D eigenvalue weighted by Crippen LogP contribution is 2.29. The van der Waals surface area contributed by atoms with Crippen molar-refractivity contribution in [1.29, 1.82) is 0 Å². The Bertz CT molecular complexity index is 695. The molecule has 2 aromatic carbocycles. The lowest BCUT2D eigenvalue weighted by Crippen LogP contribution is -2.09. The summed E-state index contributed by atoms with van der Waals surface area (Å²) >= 11 is 0. The molecule has 100 valence electrons. The van der Waals surface area contributed by atoms with Gasteiger partial charge in [-0.25, -0.2) is 4.39 Å². The van der Waals surface area contributed by atoms with Gasteiger partial charge in [-0.1, -0.05) is 55.1 Å². The molecule has 0 radical (unpaired) electrons. The summed E-state index contributed by atoms with van der Waals surface area (Å²) in [6.07, 6.45) is 4.06. The van der Waals surface area contributed by atoms with Gasteiger partial charge in [-0.05, 0) is 47.6 Å². The fraction of sp³-hybridized carbons (Fsp3) is 0.158. The van der Waals surface area contributed by atoms with Gasteiger partial charge >= 0.3 is 0 Å². The number of allylic oxidation sites excluding steroid dienone is 1. The van der Waals surface area contributed by atoms with Gasteiger partial charge in [-0.15, -0.1) is 0 Å². The second kappa shape index (κ2) is 5.09. The van der Waals surface area contributed by atoms with E-state index in [0.29, 0.717) is 5.56 Å². The SMILES string of the molecule is C=Cc1c(F)ccc2c1CC(=C)Cc1ccccc1C2. The third-order valence-electron chi connectivity index (χ3n) is 3.97. The molecule has 20 heavy (non-hydrogen) atoms. The number of fused-ring (bicyclic) bond motifs is 2. The van der Waals surface area contributed by atoms with E-state index in [0.717, 1.165) is 30.4 Å². The first kappa shape index (κ1) is 12.9. The highest BCUT2D eigenvalue weighted by Gasteiger charge is 2.17. The lowest BCUT2D eigenvalue weighted by Gasteiger charge is -2.20. The van der Waals surface area contributed by atoms with Crippen molar-refractivity contribution in [2.45, 2.75) is 19.3 Å². The van der Waals surface area contributed by atoms with E-state index in [1.54, 1.807) is 12.1 Å².